The summed E-state index contributed by atoms with van der Waals surface area (Å²) in [4.78, 5) is 36.4. The highest BCUT2D eigenvalue weighted by atomic mass is 32.2. The molecular weight excluding hydrogens is 328 g/mol. The first kappa shape index (κ1) is 16.8. The van der Waals surface area contributed by atoms with Crippen molar-refractivity contribution in [2.24, 2.45) is 5.41 Å². The lowest BCUT2D eigenvalue weighted by Crippen LogP contribution is -2.44. The van der Waals surface area contributed by atoms with Crippen LogP contribution in [0.5, 0.6) is 0 Å². The van der Waals surface area contributed by atoms with E-state index in [4.69, 9.17) is 0 Å². The first-order valence-corrected chi connectivity index (χ1v) is 9.07. The maximum Gasteiger partial charge on any atom is 0.311 e. The van der Waals surface area contributed by atoms with E-state index in [1.165, 1.54) is 11.8 Å². The minimum Gasteiger partial charge on any atom is -0.481 e. The molecule has 0 spiro atoms. The van der Waals surface area contributed by atoms with E-state index >= 15 is 0 Å². The molecule has 0 saturated heterocycles. The molecule has 3 N–H and O–H groups in total. The second-order valence-electron chi connectivity index (χ2n) is 6.38. The molecule has 1 heterocycles. The predicted molar refractivity (Wildman–Crippen MR) is 91.3 cm³/mol. The van der Waals surface area contributed by atoms with Gasteiger partial charge in [0, 0.05) is 17.0 Å². The second kappa shape index (κ2) is 6.84. The zero-order valence-corrected chi connectivity index (χ0v) is 14.1. The van der Waals surface area contributed by atoms with Gasteiger partial charge < -0.3 is 15.7 Å². The van der Waals surface area contributed by atoms with Crippen molar-refractivity contribution in [1.29, 1.82) is 0 Å². The van der Waals surface area contributed by atoms with Gasteiger partial charge in [-0.2, -0.15) is 0 Å². The Balaban J connectivity index is 1.69. The number of thioether (sulfide) groups is 1. The number of nitrogens with one attached hydrogen (secondary N) is 2. The lowest BCUT2D eigenvalue weighted by molar-refractivity contribution is -0.150. The lowest BCUT2D eigenvalue weighted by atomic mass is 9.74. The predicted octanol–water partition coefficient (Wildman–Crippen LogP) is 2.50. The number of anilines is 1. The third-order valence-electron chi connectivity index (χ3n) is 4.73. The zero-order chi connectivity index (χ0) is 17.2. The summed E-state index contributed by atoms with van der Waals surface area (Å²) in [7, 11) is 0. The molecule has 1 aliphatic carbocycles. The average molecular weight is 348 g/mol. The van der Waals surface area contributed by atoms with Crippen molar-refractivity contribution < 1.29 is 19.5 Å². The monoisotopic (exact) mass is 348 g/mol. The van der Waals surface area contributed by atoms with Gasteiger partial charge in [0.05, 0.1) is 16.9 Å². The van der Waals surface area contributed by atoms with Gasteiger partial charge in [-0.3, -0.25) is 14.4 Å². The van der Waals surface area contributed by atoms with Gasteiger partial charge in [-0.25, -0.2) is 0 Å². The lowest BCUT2D eigenvalue weighted by Gasteiger charge is -2.33. The molecule has 24 heavy (non-hydrogen) atoms. The van der Waals surface area contributed by atoms with Crippen molar-refractivity contribution in [3.8, 4) is 0 Å². The fourth-order valence-electron chi connectivity index (χ4n) is 3.27. The van der Waals surface area contributed by atoms with Gasteiger partial charge in [0.25, 0.3) is 5.91 Å². The number of benzene rings is 1. The van der Waals surface area contributed by atoms with Crippen LogP contribution >= 0.6 is 11.8 Å². The van der Waals surface area contributed by atoms with E-state index in [0.717, 1.165) is 24.2 Å². The summed E-state index contributed by atoms with van der Waals surface area (Å²) in [5, 5.41) is 15.1. The molecule has 6 nitrogen and oxygen atoms in total. The van der Waals surface area contributed by atoms with E-state index in [0.29, 0.717) is 29.8 Å². The Morgan fingerprint density at radius 3 is 2.71 bits per heavy atom. The van der Waals surface area contributed by atoms with Crippen molar-refractivity contribution in [3.63, 3.8) is 0 Å². The van der Waals surface area contributed by atoms with E-state index in [9.17, 15) is 19.5 Å². The van der Waals surface area contributed by atoms with Crippen molar-refractivity contribution in [2.45, 2.75) is 37.0 Å². The first-order valence-electron chi connectivity index (χ1n) is 8.08. The summed E-state index contributed by atoms with van der Waals surface area (Å²) in [6.07, 6.45) is 4.00. The minimum atomic E-state index is -0.855. The summed E-state index contributed by atoms with van der Waals surface area (Å²) < 4.78 is 0. The van der Waals surface area contributed by atoms with Gasteiger partial charge in [0.15, 0.2) is 0 Å². The molecule has 2 amide bonds. The number of fused-ring (bicyclic) bond motifs is 1. The minimum absolute atomic E-state index is 0.0860. The Bertz CT molecular complexity index is 683. The molecule has 0 radical (unpaired) electrons. The molecule has 1 aromatic rings. The summed E-state index contributed by atoms with van der Waals surface area (Å²) in [6, 6.07) is 5.15. The molecular formula is C17H20N2O4S. The fraction of sp³-hybridized carbons (Fsp3) is 0.471. The van der Waals surface area contributed by atoms with Crippen LogP contribution in [-0.2, 0) is 9.59 Å². The second-order valence-corrected chi connectivity index (χ2v) is 7.39. The maximum absolute atomic E-state index is 12.4. The highest BCUT2D eigenvalue weighted by Crippen LogP contribution is 2.36. The van der Waals surface area contributed by atoms with Crippen LogP contribution < -0.4 is 10.6 Å². The van der Waals surface area contributed by atoms with Gasteiger partial charge in [-0.15, -0.1) is 11.8 Å². The number of carboxylic acid groups (broad SMARTS) is 1. The molecule has 3 rings (SSSR count). The van der Waals surface area contributed by atoms with E-state index in [1.807, 2.05) is 6.07 Å². The maximum atomic E-state index is 12.4. The number of amides is 2. The first-order chi connectivity index (χ1) is 11.5. The van der Waals surface area contributed by atoms with Crippen LogP contribution in [0.25, 0.3) is 0 Å². The number of carbonyl (C=O) groups excluding carboxylic acids is 2. The van der Waals surface area contributed by atoms with Gasteiger partial charge >= 0.3 is 5.97 Å². The molecule has 2 aliphatic rings. The SMILES string of the molecule is O=C1CSc2ccc(C(=O)NCC3(C(=O)O)CCCCC3)cc2N1. The van der Waals surface area contributed by atoms with Gasteiger partial charge in [-0.05, 0) is 31.0 Å². The largest absolute Gasteiger partial charge is 0.481 e. The van der Waals surface area contributed by atoms with Crippen LogP contribution in [0.4, 0.5) is 5.69 Å². The Morgan fingerprint density at radius 2 is 2.00 bits per heavy atom. The van der Waals surface area contributed by atoms with Crippen LogP contribution in [0.15, 0.2) is 23.1 Å². The van der Waals surface area contributed by atoms with Crippen molar-refractivity contribution in [1.82, 2.24) is 5.32 Å². The number of carbonyl (C=O) groups is 3. The molecule has 1 aromatic carbocycles. The topological polar surface area (TPSA) is 95.5 Å². The fourth-order valence-corrected chi connectivity index (χ4v) is 4.06. The summed E-state index contributed by atoms with van der Waals surface area (Å²) in [5.74, 6) is -0.859. The highest BCUT2D eigenvalue weighted by Gasteiger charge is 2.39. The Kier molecular flexibility index (Phi) is 4.80. The van der Waals surface area contributed by atoms with Gasteiger partial charge in [0.2, 0.25) is 5.91 Å². The van der Waals surface area contributed by atoms with Crippen LogP contribution in [-0.4, -0.2) is 35.2 Å². The Morgan fingerprint density at radius 1 is 1.25 bits per heavy atom. The molecule has 0 bridgehead atoms. The molecule has 1 fully saturated rings. The Hall–Kier alpha value is -2.02. The summed E-state index contributed by atoms with van der Waals surface area (Å²) >= 11 is 1.44. The van der Waals surface area contributed by atoms with E-state index in [-0.39, 0.29) is 18.4 Å². The summed E-state index contributed by atoms with van der Waals surface area (Å²) in [5.41, 5.74) is 0.203. The Labute approximate surface area is 144 Å². The van der Waals surface area contributed by atoms with Crippen molar-refractivity contribution in [3.05, 3.63) is 23.8 Å². The number of hydrogen-bond donors (Lipinski definition) is 3. The van der Waals surface area contributed by atoms with Gasteiger partial charge in [-0.1, -0.05) is 19.3 Å². The van der Waals surface area contributed by atoms with Crippen LogP contribution in [0, 0.1) is 5.41 Å². The quantitative estimate of drug-likeness (QED) is 0.777. The van der Waals surface area contributed by atoms with E-state index < -0.39 is 11.4 Å². The van der Waals surface area contributed by atoms with Crippen LogP contribution in [0.1, 0.15) is 42.5 Å². The number of aliphatic carboxylic acids is 1. The molecule has 1 aliphatic heterocycles. The molecule has 0 atom stereocenters. The third kappa shape index (κ3) is 3.40. The smallest absolute Gasteiger partial charge is 0.311 e. The summed E-state index contributed by atoms with van der Waals surface area (Å²) in [6.45, 7) is 0.138. The third-order valence-corrected chi connectivity index (χ3v) is 5.80. The zero-order valence-electron chi connectivity index (χ0n) is 13.3. The molecule has 7 heteroatoms. The number of carboxylic acids is 1. The van der Waals surface area contributed by atoms with Crippen molar-refractivity contribution in [2.75, 3.05) is 17.6 Å². The standard InChI is InChI=1S/C17H20N2O4S/c20-14-9-24-13-5-4-11(8-12(13)19-14)15(21)18-10-17(16(22)23)6-2-1-3-7-17/h4-5,8H,1-3,6-7,9-10H2,(H,18,21)(H,19,20)(H,22,23). The highest BCUT2D eigenvalue weighted by molar-refractivity contribution is 8.00. The number of rotatable bonds is 4. The molecule has 0 unspecified atom stereocenters. The normalized spacial score (nSPS) is 19.1. The molecule has 1 saturated carbocycles. The molecule has 128 valence electrons. The molecule has 0 aromatic heterocycles. The van der Waals surface area contributed by atoms with E-state index in [2.05, 4.69) is 10.6 Å². The van der Waals surface area contributed by atoms with Crippen LogP contribution in [0.3, 0.4) is 0 Å². The average Bonchev–Trinajstić information content (AvgIpc) is 2.59. The van der Waals surface area contributed by atoms with Gasteiger partial charge in [0.1, 0.15) is 0 Å². The number of hydrogen-bond acceptors (Lipinski definition) is 4. The van der Waals surface area contributed by atoms with E-state index in [1.54, 1.807) is 12.1 Å². The van der Waals surface area contributed by atoms with Crippen molar-refractivity contribution >= 4 is 35.2 Å². The van der Waals surface area contributed by atoms with Crippen LogP contribution in [0.2, 0.25) is 0 Å².